The molecule has 0 aromatic heterocycles. The van der Waals surface area contributed by atoms with E-state index in [1.807, 2.05) is 0 Å². The van der Waals surface area contributed by atoms with Gasteiger partial charge in [-0.05, 0) is 0 Å². The fraction of sp³-hybridized carbons (Fsp3) is 1.00. The predicted octanol–water partition coefficient (Wildman–Crippen LogP) is 6.00. The molecule has 1 nitrogen and oxygen atoms in total. The van der Waals surface area contributed by atoms with Crippen LogP contribution in [0.2, 0.25) is 0 Å². The number of hydrogen-bond donors (Lipinski definition) is 0. The van der Waals surface area contributed by atoms with Crippen LogP contribution in [0, 0.1) is 0 Å². The molecule has 0 amide bonds. The van der Waals surface area contributed by atoms with Gasteiger partial charge in [0.15, 0.2) is 0 Å². The van der Waals surface area contributed by atoms with Crippen LogP contribution >= 0.6 is 34.2 Å². The molecule has 0 aliphatic rings. The Kier molecular flexibility index (Phi) is 6.56. The minimum Gasteiger partial charge on any atom is -0.263 e. The summed E-state index contributed by atoms with van der Waals surface area (Å²) in [5.74, 6) is -31.7. The van der Waals surface area contributed by atoms with Crippen molar-refractivity contribution in [2.24, 2.45) is 0 Å². The molecule has 0 saturated carbocycles. The van der Waals surface area contributed by atoms with Crippen molar-refractivity contribution >= 4 is 34.2 Å². The normalized spacial score (nSPS) is 18.2. The Bertz CT molecular complexity index is 486. The number of alkyl halides is 16. The summed E-state index contributed by atoms with van der Waals surface area (Å²) in [4.78, 5) is 0. The zero-order chi connectivity index (χ0) is 20.9. The van der Waals surface area contributed by atoms with Gasteiger partial charge in [0.05, 0.1) is 4.43 Å². The van der Waals surface area contributed by atoms with Crippen molar-refractivity contribution in [2.75, 3.05) is 4.43 Å². The smallest absolute Gasteiger partial charge is 0.263 e. The van der Waals surface area contributed by atoms with Crippen LogP contribution in [0.3, 0.4) is 0 Å². The Balaban J connectivity index is 6.21. The summed E-state index contributed by atoms with van der Waals surface area (Å²) < 4.78 is 178. The largest absolute Gasteiger partial charge is 0.460 e. The maximum absolute atomic E-state index is 13.0. The van der Waals surface area contributed by atoms with Gasteiger partial charge in [-0.3, -0.25) is 4.74 Å². The average molecular weight is 542 g/mol. The fourth-order valence-electron chi connectivity index (χ4n) is 1.03. The lowest BCUT2D eigenvalue weighted by molar-refractivity contribution is -0.475. The van der Waals surface area contributed by atoms with Crippen LogP contribution in [0.4, 0.5) is 61.5 Å². The third-order valence-electron chi connectivity index (χ3n) is 2.34. The van der Waals surface area contributed by atoms with Crippen molar-refractivity contribution in [3.63, 3.8) is 0 Å². The van der Waals surface area contributed by atoms with Crippen molar-refractivity contribution < 1.29 is 66.2 Å². The predicted molar refractivity (Wildman–Crippen MR) is 60.5 cm³/mol. The third-order valence-corrected chi connectivity index (χ3v) is 3.98. The van der Waals surface area contributed by atoms with Crippen LogP contribution < -0.4 is 0 Å². The van der Waals surface area contributed by atoms with E-state index in [0.717, 1.165) is 22.6 Å². The highest BCUT2D eigenvalue weighted by Crippen LogP contribution is 2.60. The summed E-state index contributed by atoms with van der Waals surface area (Å²) in [5, 5.41) is -4.37. The highest BCUT2D eigenvalue weighted by molar-refractivity contribution is 14.1. The Labute approximate surface area is 146 Å². The molecule has 0 bridgehead atoms. The summed E-state index contributed by atoms with van der Waals surface area (Å²) in [5.41, 5.74) is 0. The van der Waals surface area contributed by atoms with Crippen molar-refractivity contribution in [2.45, 2.75) is 41.3 Å². The summed E-state index contributed by atoms with van der Waals surface area (Å²) in [6.45, 7) is 0. The maximum Gasteiger partial charge on any atom is 0.460 e. The molecule has 0 N–H and O–H groups in total. The molecular weight excluding hydrogens is 540 g/mol. The minimum atomic E-state index is -8.08. The Morgan fingerprint density at radius 2 is 0.920 bits per heavy atom. The van der Waals surface area contributed by atoms with E-state index < -0.39 is 45.7 Å². The average Bonchev–Trinajstić information content (AvgIpc) is 2.35. The van der Waals surface area contributed by atoms with E-state index in [1.165, 1.54) is 0 Å². The lowest BCUT2D eigenvalue weighted by Crippen LogP contribution is -2.70. The van der Waals surface area contributed by atoms with Gasteiger partial charge in [0.2, 0.25) is 0 Å². The maximum atomic E-state index is 13.0. The van der Waals surface area contributed by atoms with E-state index in [2.05, 4.69) is 16.3 Å². The van der Waals surface area contributed by atoms with Crippen molar-refractivity contribution in [3.8, 4) is 0 Å². The van der Waals surface area contributed by atoms with E-state index in [-0.39, 0.29) is 0 Å². The molecule has 17 heteroatoms. The fourth-order valence-corrected chi connectivity index (χ4v) is 1.29. The molecule has 0 saturated heterocycles. The summed E-state index contributed by atoms with van der Waals surface area (Å²) in [6, 6.07) is 0. The first-order valence-electron chi connectivity index (χ1n) is 5.11. The van der Waals surface area contributed by atoms with Crippen LogP contribution in [0.15, 0.2) is 0 Å². The molecule has 0 fully saturated rings. The molecule has 0 heterocycles. The molecule has 1 unspecified atom stereocenters. The van der Waals surface area contributed by atoms with E-state index in [1.54, 1.807) is 0 Å². The quantitative estimate of drug-likeness (QED) is 0.218. The van der Waals surface area contributed by atoms with Gasteiger partial charge in [-0.25, -0.2) is 0 Å². The second kappa shape index (κ2) is 6.56. The molecule has 0 aliphatic carbocycles. The Hall–Kier alpha value is -0.000000000000000444. The van der Waals surface area contributed by atoms with Gasteiger partial charge < -0.3 is 0 Å². The first-order chi connectivity index (χ1) is 10.5. The molecule has 0 spiro atoms. The standard InChI is InChI=1S/C8H2ClF14IO/c9-2(10,1-24)25-8(22,23)6(17,18)4(13,14)3(11,12)5(15,16)7(19,20)21/h1H2. The zero-order valence-corrected chi connectivity index (χ0v) is 13.6. The SMILES string of the molecule is FC(Cl)(CI)OC(F)(F)C(F)(F)C(F)(F)C(F)(F)C(F)(F)C(F)(F)F. The second-order valence-electron chi connectivity index (χ2n) is 4.19. The van der Waals surface area contributed by atoms with Crippen molar-refractivity contribution in [1.29, 1.82) is 0 Å². The highest BCUT2D eigenvalue weighted by atomic mass is 127. The molecule has 152 valence electrons. The molecule has 0 aromatic rings. The van der Waals surface area contributed by atoms with E-state index in [9.17, 15) is 61.5 Å². The van der Waals surface area contributed by atoms with Gasteiger partial charge in [0.25, 0.3) is 5.31 Å². The molecular formula is C8H2ClF14IO. The number of rotatable bonds is 7. The van der Waals surface area contributed by atoms with Gasteiger partial charge in [-0.15, -0.1) is 0 Å². The van der Waals surface area contributed by atoms with Gasteiger partial charge in [0, 0.05) is 0 Å². The van der Waals surface area contributed by atoms with Gasteiger partial charge in [-0.1, -0.05) is 34.2 Å². The highest BCUT2D eigenvalue weighted by Gasteiger charge is 2.91. The lowest BCUT2D eigenvalue weighted by Gasteiger charge is -2.39. The molecule has 0 aliphatic heterocycles. The summed E-state index contributed by atoms with van der Waals surface area (Å²) in [7, 11) is 0. The Morgan fingerprint density at radius 3 is 1.20 bits per heavy atom. The molecule has 0 aromatic carbocycles. The number of ether oxygens (including phenoxy) is 1. The monoisotopic (exact) mass is 542 g/mol. The van der Waals surface area contributed by atoms with Crippen LogP contribution in [-0.4, -0.2) is 45.7 Å². The van der Waals surface area contributed by atoms with Crippen molar-refractivity contribution in [1.82, 2.24) is 0 Å². The van der Waals surface area contributed by atoms with Gasteiger partial charge in [0.1, 0.15) is 0 Å². The van der Waals surface area contributed by atoms with Gasteiger partial charge in [-0.2, -0.15) is 61.5 Å². The van der Waals surface area contributed by atoms with E-state index >= 15 is 0 Å². The molecule has 25 heavy (non-hydrogen) atoms. The lowest BCUT2D eigenvalue weighted by atomic mass is 9.97. The van der Waals surface area contributed by atoms with Crippen LogP contribution in [-0.2, 0) is 4.74 Å². The number of halogens is 16. The number of hydrogen-bond acceptors (Lipinski definition) is 1. The first kappa shape index (κ1) is 25.0. The van der Waals surface area contributed by atoms with Gasteiger partial charge >= 0.3 is 36.0 Å². The summed E-state index contributed by atoms with van der Waals surface area (Å²) >= 11 is 5.11. The van der Waals surface area contributed by atoms with Crippen LogP contribution in [0.25, 0.3) is 0 Å². The second-order valence-corrected chi connectivity index (χ2v) is 5.51. The van der Waals surface area contributed by atoms with Crippen LogP contribution in [0.5, 0.6) is 0 Å². The summed E-state index contributed by atoms with van der Waals surface area (Å²) in [6.07, 6.45) is -14.5. The first-order valence-corrected chi connectivity index (χ1v) is 7.02. The minimum absolute atomic E-state index is 0.744. The molecule has 0 rings (SSSR count). The topological polar surface area (TPSA) is 9.23 Å². The van der Waals surface area contributed by atoms with E-state index in [0.29, 0.717) is 0 Å². The van der Waals surface area contributed by atoms with Crippen molar-refractivity contribution in [3.05, 3.63) is 0 Å². The Morgan fingerprint density at radius 1 is 0.600 bits per heavy atom. The van der Waals surface area contributed by atoms with Crippen LogP contribution in [0.1, 0.15) is 0 Å². The molecule has 0 radical (unpaired) electrons. The van der Waals surface area contributed by atoms with E-state index in [4.69, 9.17) is 0 Å². The zero-order valence-electron chi connectivity index (χ0n) is 10.7. The molecule has 1 atom stereocenters. The third kappa shape index (κ3) is 3.98.